The molecule has 0 bridgehead atoms. The molecule has 1 N–H and O–H groups in total. The Labute approximate surface area is 248 Å². The molecule has 3 unspecified atom stereocenters. The van der Waals surface area contributed by atoms with Gasteiger partial charge in [0, 0.05) is 23.2 Å². The Hall–Kier alpha value is -4.14. The lowest BCUT2D eigenvalue weighted by Gasteiger charge is -2.37. The summed E-state index contributed by atoms with van der Waals surface area (Å²) in [7, 11) is 0. The highest BCUT2D eigenvalue weighted by Crippen LogP contribution is 2.48. The highest BCUT2D eigenvalue weighted by Gasteiger charge is 2.44. The number of carbonyl (C=O) groups is 2. The van der Waals surface area contributed by atoms with Crippen LogP contribution in [0.25, 0.3) is 16.9 Å². The molecule has 7 rings (SSSR count). The van der Waals surface area contributed by atoms with Crippen molar-refractivity contribution in [2.45, 2.75) is 70.0 Å². The standard InChI is InChI=1S/C34H34F2N4O3/c1-18-6-5-7-21(12-18)31-15-30(33(41)39-17-28(36)23-9-4-3-8-22(23)19(39)2)37-32-16-29(38-40(31)32)24-11-10-20(13-27(24)35)25-14-26(25)34(42)43/h3-4,8-11,13,15-16,18-19,21,25-26,28H,5-7,12,14,17H2,1-2H3,(H,42,43)/t18?,19-,21?,25-,26+,28?/m1/s1. The quantitative estimate of drug-likeness (QED) is 0.267. The zero-order valence-electron chi connectivity index (χ0n) is 24.2. The Kier molecular flexibility index (Phi) is 6.78. The first-order chi connectivity index (χ1) is 20.7. The summed E-state index contributed by atoms with van der Waals surface area (Å²) >= 11 is 0. The molecule has 0 spiro atoms. The maximum atomic E-state index is 15.4. The summed E-state index contributed by atoms with van der Waals surface area (Å²) in [6.45, 7) is 4.09. The van der Waals surface area contributed by atoms with E-state index in [2.05, 4.69) is 6.92 Å². The van der Waals surface area contributed by atoms with Gasteiger partial charge in [-0.25, -0.2) is 18.3 Å². The van der Waals surface area contributed by atoms with Gasteiger partial charge in [-0.2, -0.15) is 5.10 Å². The number of amides is 1. The number of alkyl halides is 1. The van der Waals surface area contributed by atoms with E-state index in [1.54, 1.807) is 39.7 Å². The molecule has 9 heteroatoms. The second-order valence-electron chi connectivity index (χ2n) is 12.6. The second-order valence-corrected chi connectivity index (χ2v) is 12.6. The number of aliphatic carboxylic acids is 1. The van der Waals surface area contributed by atoms with Crippen molar-refractivity contribution in [3.63, 3.8) is 0 Å². The first kappa shape index (κ1) is 27.7. The third-order valence-corrected chi connectivity index (χ3v) is 9.70. The van der Waals surface area contributed by atoms with Crippen molar-refractivity contribution in [1.29, 1.82) is 0 Å². The Morgan fingerprint density at radius 2 is 1.79 bits per heavy atom. The summed E-state index contributed by atoms with van der Waals surface area (Å²) in [6, 6.07) is 15.3. The summed E-state index contributed by atoms with van der Waals surface area (Å²) in [5, 5.41) is 14.1. The van der Waals surface area contributed by atoms with Crippen LogP contribution in [0.1, 0.15) is 103 Å². The second kappa shape index (κ2) is 10.5. The predicted octanol–water partition coefficient (Wildman–Crippen LogP) is 7.24. The summed E-state index contributed by atoms with van der Waals surface area (Å²) < 4.78 is 32.4. The van der Waals surface area contributed by atoms with Gasteiger partial charge in [-0.15, -0.1) is 0 Å². The minimum atomic E-state index is -1.28. The van der Waals surface area contributed by atoms with Gasteiger partial charge < -0.3 is 10.0 Å². The monoisotopic (exact) mass is 584 g/mol. The SMILES string of the molecule is CC1CCCC(c2cc(C(=O)N3CC(F)c4ccccc4[C@H]3C)nc3cc(-c4ccc([C@H]5C[C@@H]5C(=O)O)cc4F)nn23)C1. The Morgan fingerprint density at radius 1 is 1.00 bits per heavy atom. The number of halogens is 2. The van der Waals surface area contributed by atoms with Crippen molar-refractivity contribution >= 4 is 17.5 Å². The molecule has 1 amide bonds. The van der Waals surface area contributed by atoms with Crippen molar-refractivity contribution in [2.75, 3.05) is 6.54 Å². The summed E-state index contributed by atoms with van der Waals surface area (Å²) in [6.07, 6.45) is 3.32. The molecule has 3 heterocycles. The smallest absolute Gasteiger partial charge is 0.307 e. The lowest BCUT2D eigenvalue weighted by atomic mass is 9.80. The molecule has 2 aromatic heterocycles. The van der Waals surface area contributed by atoms with E-state index in [1.165, 1.54) is 6.07 Å². The molecule has 1 aliphatic heterocycles. The van der Waals surface area contributed by atoms with Crippen molar-refractivity contribution in [3.05, 3.63) is 88.5 Å². The zero-order chi connectivity index (χ0) is 30.0. The highest BCUT2D eigenvalue weighted by atomic mass is 19.1. The molecule has 7 nitrogen and oxygen atoms in total. The largest absolute Gasteiger partial charge is 0.481 e. The van der Waals surface area contributed by atoms with E-state index in [0.717, 1.165) is 36.9 Å². The molecular formula is C34H34F2N4O3. The number of aromatic nitrogens is 3. The zero-order valence-corrected chi connectivity index (χ0v) is 24.2. The van der Waals surface area contributed by atoms with Crippen LogP contribution in [0, 0.1) is 17.7 Å². The van der Waals surface area contributed by atoms with Gasteiger partial charge in [-0.05, 0) is 72.9 Å². The van der Waals surface area contributed by atoms with Crippen LogP contribution in [0.2, 0.25) is 0 Å². The molecule has 2 fully saturated rings. The van der Waals surface area contributed by atoms with E-state index >= 15 is 8.78 Å². The molecule has 6 atom stereocenters. The van der Waals surface area contributed by atoms with Crippen LogP contribution < -0.4 is 0 Å². The van der Waals surface area contributed by atoms with Crippen LogP contribution in [-0.4, -0.2) is 43.0 Å². The Balaban J connectivity index is 1.28. The van der Waals surface area contributed by atoms with Gasteiger partial charge in [0.15, 0.2) is 5.65 Å². The number of hydrogen-bond donors (Lipinski definition) is 1. The van der Waals surface area contributed by atoms with E-state index in [-0.39, 0.29) is 36.0 Å². The molecule has 2 saturated carbocycles. The van der Waals surface area contributed by atoms with Gasteiger partial charge in [0.2, 0.25) is 0 Å². The maximum Gasteiger partial charge on any atom is 0.307 e. The molecule has 4 aromatic rings. The fourth-order valence-corrected chi connectivity index (χ4v) is 7.22. The van der Waals surface area contributed by atoms with Gasteiger partial charge in [0.1, 0.15) is 17.7 Å². The topological polar surface area (TPSA) is 87.8 Å². The van der Waals surface area contributed by atoms with E-state index < -0.39 is 23.9 Å². The number of hydrogen-bond acceptors (Lipinski definition) is 4. The Bertz CT molecular complexity index is 1750. The third kappa shape index (κ3) is 4.88. The van der Waals surface area contributed by atoms with Gasteiger partial charge >= 0.3 is 5.97 Å². The average Bonchev–Trinajstić information content (AvgIpc) is 3.70. The number of carboxylic acids is 1. The molecule has 0 saturated heterocycles. The maximum absolute atomic E-state index is 15.4. The fraction of sp³-hybridized carbons (Fsp3) is 0.412. The molecule has 43 heavy (non-hydrogen) atoms. The van der Waals surface area contributed by atoms with Gasteiger partial charge in [-0.1, -0.05) is 50.1 Å². The number of nitrogens with zero attached hydrogens (tertiary/aromatic N) is 4. The van der Waals surface area contributed by atoms with Crippen LogP contribution in [0.5, 0.6) is 0 Å². The van der Waals surface area contributed by atoms with Crippen LogP contribution >= 0.6 is 0 Å². The molecule has 3 aliphatic rings. The van der Waals surface area contributed by atoms with E-state index in [1.807, 2.05) is 25.1 Å². The Morgan fingerprint density at radius 3 is 2.51 bits per heavy atom. The van der Waals surface area contributed by atoms with E-state index in [4.69, 9.17) is 10.1 Å². The molecule has 2 aromatic carbocycles. The number of rotatable bonds is 5. The summed E-state index contributed by atoms with van der Waals surface area (Å²) in [5.74, 6) is -1.65. The number of carbonyl (C=O) groups excluding carboxylic acids is 1. The summed E-state index contributed by atoms with van der Waals surface area (Å²) in [5.41, 5.74) is 4.29. The normalized spacial score (nSPS) is 26.7. The number of benzene rings is 2. The predicted molar refractivity (Wildman–Crippen MR) is 157 cm³/mol. The minimum absolute atomic E-state index is 0.0501. The van der Waals surface area contributed by atoms with Crippen LogP contribution in [-0.2, 0) is 4.79 Å². The van der Waals surface area contributed by atoms with Crippen LogP contribution in [0.4, 0.5) is 8.78 Å². The van der Waals surface area contributed by atoms with Gasteiger partial charge in [0.05, 0.1) is 24.2 Å². The first-order valence-electron chi connectivity index (χ1n) is 15.2. The third-order valence-electron chi connectivity index (χ3n) is 9.70. The van der Waals surface area contributed by atoms with Crippen molar-refractivity contribution in [3.8, 4) is 11.3 Å². The molecule has 222 valence electrons. The lowest BCUT2D eigenvalue weighted by molar-refractivity contribution is -0.138. The van der Waals surface area contributed by atoms with Gasteiger partial charge in [-0.3, -0.25) is 9.59 Å². The van der Waals surface area contributed by atoms with E-state index in [0.29, 0.717) is 40.4 Å². The fourth-order valence-electron chi connectivity index (χ4n) is 7.22. The van der Waals surface area contributed by atoms with Crippen LogP contribution in [0.15, 0.2) is 54.6 Å². The summed E-state index contributed by atoms with van der Waals surface area (Å²) in [4.78, 5) is 31.5. The minimum Gasteiger partial charge on any atom is -0.481 e. The molecular weight excluding hydrogens is 550 g/mol. The molecule has 0 radical (unpaired) electrons. The van der Waals surface area contributed by atoms with Crippen LogP contribution in [0.3, 0.4) is 0 Å². The average molecular weight is 585 g/mol. The number of carboxylic acid groups (broad SMARTS) is 1. The first-order valence-corrected chi connectivity index (χ1v) is 15.2. The highest BCUT2D eigenvalue weighted by molar-refractivity contribution is 5.93. The van der Waals surface area contributed by atoms with Crippen molar-refractivity contribution < 1.29 is 23.5 Å². The van der Waals surface area contributed by atoms with Gasteiger partial charge in [0.25, 0.3) is 5.91 Å². The van der Waals surface area contributed by atoms with E-state index in [9.17, 15) is 14.7 Å². The van der Waals surface area contributed by atoms with Crippen molar-refractivity contribution in [1.82, 2.24) is 19.5 Å². The van der Waals surface area contributed by atoms with Crippen molar-refractivity contribution in [2.24, 2.45) is 11.8 Å². The molecule has 2 aliphatic carbocycles. The number of fused-ring (bicyclic) bond motifs is 2. The lowest BCUT2D eigenvalue weighted by Crippen LogP contribution is -2.40.